The fourth-order valence-corrected chi connectivity index (χ4v) is 3.72. The van der Waals surface area contributed by atoms with E-state index in [-0.39, 0.29) is 0 Å². The zero-order valence-electron chi connectivity index (χ0n) is 8.97. The van der Waals surface area contributed by atoms with Gasteiger partial charge in [0.1, 0.15) is 0 Å². The van der Waals surface area contributed by atoms with Crippen molar-refractivity contribution < 1.29 is 0 Å². The third-order valence-corrected chi connectivity index (χ3v) is 4.45. The smallest absolute Gasteiger partial charge is 0.0164 e. The normalized spacial score (nSPS) is 44.9. The van der Waals surface area contributed by atoms with E-state index in [4.69, 9.17) is 0 Å². The molecule has 3 fully saturated rings. The van der Waals surface area contributed by atoms with Gasteiger partial charge in [0.05, 0.1) is 0 Å². The van der Waals surface area contributed by atoms with Crippen LogP contribution in [0.15, 0.2) is 11.6 Å². The van der Waals surface area contributed by atoms with Crippen LogP contribution in [-0.2, 0) is 0 Å². The lowest BCUT2D eigenvalue weighted by Crippen LogP contribution is -2.24. The van der Waals surface area contributed by atoms with Crippen LogP contribution in [0.5, 0.6) is 0 Å². The minimum Gasteiger partial charge on any atom is -0.313 e. The number of fused-ring (bicyclic) bond motifs is 2. The summed E-state index contributed by atoms with van der Waals surface area (Å²) in [4.78, 5) is 0. The molecule has 0 aromatic carbocycles. The van der Waals surface area contributed by atoms with Crippen LogP contribution in [0.1, 0.15) is 38.5 Å². The molecule has 2 bridgehead atoms. The molecule has 3 atom stereocenters. The Hall–Kier alpha value is -0.300. The molecule has 2 aliphatic carbocycles. The molecule has 1 nitrogen and oxygen atoms in total. The molecule has 0 amide bonds. The second-order valence-electron chi connectivity index (χ2n) is 5.44. The summed E-state index contributed by atoms with van der Waals surface area (Å²) in [5.74, 6) is 3.12. The van der Waals surface area contributed by atoms with Crippen molar-refractivity contribution in [1.82, 2.24) is 5.32 Å². The van der Waals surface area contributed by atoms with Gasteiger partial charge in [0.15, 0.2) is 0 Å². The predicted octanol–water partition coefficient (Wildman–Crippen LogP) is 2.73. The number of rotatable bonds is 1. The van der Waals surface area contributed by atoms with Crippen LogP contribution in [0, 0.1) is 17.8 Å². The van der Waals surface area contributed by atoms with Crippen LogP contribution in [0.3, 0.4) is 0 Å². The van der Waals surface area contributed by atoms with E-state index < -0.39 is 0 Å². The quantitative estimate of drug-likeness (QED) is 0.628. The molecular formula is C13H21N. The first kappa shape index (κ1) is 8.96. The van der Waals surface area contributed by atoms with Crippen LogP contribution in [0.4, 0.5) is 0 Å². The molecule has 3 unspecified atom stereocenters. The van der Waals surface area contributed by atoms with E-state index in [9.17, 15) is 0 Å². The zero-order valence-corrected chi connectivity index (χ0v) is 8.97. The molecule has 0 aromatic heterocycles. The Morgan fingerprint density at radius 2 is 2.21 bits per heavy atom. The van der Waals surface area contributed by atoms with Crippen molar-refractivity contribution in [2.75, 3.05) is 13.1 Å². The summed E-state index contributed by atoms with van der Waals surface area (Å²) in [6.45, 7) is 2.40. The summed E-state index contributed by atoms with van der Waals surface area (Å²) in [7, 11) is 0. The van der Waals surface area contributed by atoms with Gasteiger partial charge in [0.2, 0.25) is 0 Å². The standard InChI is InChI=1S/C13H21N/c1-2-11(9-14-5-1)8-13-7-10-3-4-12(13)6-10/h8,10,12-14H,1-7,9H2/b11-8+. The maximum Gasteiger partial charge on any atom is 0.0164 e. The number of piperidine rings is 1. The van der Waals surface area contributed by atoms with Gasteiger partial charge in [0, 0.05) is 6.54 Å². The lowest BCUT2D eigenvalue weighted by molar-refractivity contribution is 0.390. The summed E-state index contributed by atoms with van der Waals surface area (Å²) in [5.41, 5.74) is 1.70. The van der Waals surface area contributed by atoms with Crippen molar-refractivity contribution >= 4 is 0 Å². The van der Waals surface area contributed by atoms with Crippen molar-refractivity contribution in [3.8, 4) is 0 Å². The Kier molecular flexibility index (Phi) is 2.36. The van der Waals surface area contributed by atoms with Crippen LogP contribution >= 0.6 is 0 Å². The van der Waals surface area contributed by atoms with Crippen molar-refractivity contribution in [3.63, 3.8) is 0 Å². The SMILES string of the molecule is C(=C1/CCCNC1)/C1CC2CCC1C2. The van der Waals surface area contributed by atoms with E-state index in [0.29, 0.717) is 0 Å². The summed E-state index contributed by atoms with van der Waals surface area (Å²) < 4.78 is 0. The number of hydrogen-bond acceptors (Lipinski definition) is 1. The van der Waals surface area contributed by atoms with Gasteiger partial charge in [-0.2, -0.15) is 0 Å². The van der Waals surface area contributed by atoms with Crippen LogP contribution in [0.2, 0.25) is 0 Å². The molecule has 2 saturated carbocycles. The molecule has 1 saturated heterocycles. The van der Waals surface area contributed by atoms with E-state index >= 15 is 0 Å². The third kappa shape index (κ3) is 1.63. The van der Waals surface area contributed by atoms with Crippen LogP contribution < -0.4 is 5.32 Å². The van der Waals surface area contributed by atoms with E-state index in [2.05, 4.69) is 11.4 Å². The molecule has 1 heteroatoms. The summed E-state index contributed by atoms with van der Waals surface area (Å²) in [6.07, 6.45) is 11.5. The highest BCUT2D eigenvalue weighted by atomic mass is 14.9. The third-order valence-electron chi connectivity index (χ3n) is 4.45. The van der Waals surface area contributed by atoms with Crippen molar-refractivity contribution in [3.05, 3.63) is 11.6 Å². The second-order valence-corrected chi connectivity index (χ2v) is 5.44. The van der Waals surface area contributed by atoms with Crippen molar-refractivity contribution in [2.24, 2.45) is 17.8 Å². The Morgan fingerprint density at radius 1 is 1.21 bits per heavy atom. The molecule has 1 aliphatic heterocycles. The minimum absolute atomic E-state index is 0.962. The Labute approximate surface area is 87.0 Å². The minimum atomic E-state index is 0.962. The molecule has 0 spiro atoms. The van der Waals surface area contributed by atoms with E-state index in [1.165, 1.54) is 45.2 Å². The Bertz CT molecular complexity index is 236. The van der Waals surface area contributed by atoms with E-state index in [1.54, 1.807) is 12.0 Å². The molecular weight excluding hydrogens is 170 g/mol. The monoisotopic (exact) mass is 191 g/mol. The summed E-state index contributed by atoms with van der Waals surface area (Å²) >= 11 is 0. The van der Waals surface area contributed by atoms with Crippen LogP contribution in [-0.4, -0.2) is 13.1 Å². The van der Waals surface area contributed by atoms with Gasteiger partial charge < -0.3 is 5.32 Å². The molecule has 3 aliphatic rings. The number of allylic oxidation sites excluding steroid dienone is 1. The Balaban J connectivity index is 1.65. The van der Waals surface area contributed by atoms with Gasteiger partial charge in [0.25, 0.3) is 0 Å². The van der Waals surface area contributed by atoms with Gasteiger partial charge in [-0.05, 0) is 56.4 Å². The van der Waals surface area contributed by atoms with Gasteiger partial charge >= 0.3 is 0 Å². The molecule has 78 valence electrons. The predicted molar refractivity (Wildman–Crippen MR) is 59.1 cm³/mol. The summed E-state index contributed by atoms with van der Waals surface area (Å²) in [5, 5.41) is 3.48. The fourth-order valence-electron chi connectivity index (χ4n) is 3.72. The molecule has 3 rings (SSSR count). The first-order valence-corrected chi connectivity index (χ1v) is 6.32. The Morgan fingerprint density at radius 3 is 2.86 bits per heavy atom. The highest BCUT2D eigenvalue weighted by molar-refractivity contribution is 5.12. The molecule has 0 aromatic rings. The van der Waals surface area contributed by atoms with Gasteiger partial charge in [-0.15, -0.1) is 0 Å². The van der Waals surface area contributed by atoms with Gasteiger partial charge in [-0.1, -0.05) is 18.1 Å². The summed E-state index contributed by atoms with van der Waals surface area (Å²) in [6, 6.07) is 0. The molecule has 1 N–H and O–H groups in total. The molecule has 0 radical (unpaired) electrons. The topological polar surface area (TPSA) is 12.0 Å². The van der Waals surface area contributed by atoms with Crippen LogP contribution in [0.25, 0.3) is 0 Å². The van der Waals surface area contributed by atoms with Gasteiger partial charge in [-0.25, -0.2) is 0 Å². The lowest BCUT2D eigenvalue weighted by atomic mass is 9.86. The average Bonchev–Trinajstić information content (AvgIpc) is 2.81. The van der Waals surface area contributed by atoms with E-state index in [0.717, 1.165) is 17.8 Å². The second kappa shape index (κ2) is 3.69. The van der Waals surface area contributed by atoms with E-state index in [1.807, 2.05) is 0 Å². The number of hydrogen-bond donors (Lipinski definition) is 1. The largest absolute Gasteiger partial charge is 0.313 e. The maximum absolute atomic E-state index is 3.48. The maximum atomic E-state index is 3.48. The number of nitrogens with one attached hydrogen (secondary N) is 1. The highest BCUT2D eigenvalue weighted by Crippen LogP contribution is 2.49. The average molecular weight is 191 g/mol. The highest BCUT2D eigenvalue weighted by Gasteiger charge is 2.38. The van der Waals surface area contributed by atoms with Crippen molar-refractivity contribution in [1.29, 1.82) is 0 Å². The first-order chi connectivity index (χ1) is 6.92. The molecule has 1 heterocycles. The molecule has 14 heavy (non-hydrogen) atoms. The fraction of sp³-hybridized carbons (Fsp3) is 0.846. The zero-order chi connectivity index (χ0) is 9.38. The van der Waals surface area contributed by atoms with Gasteiger partial charge in [-0.3, -0.25) is 0 Å². The first-order valence-electron chi connectivity index (χ1n) is 6.32. The lowest BCUT2D eigenvalue weighted by Gasteiger charge is -2.22. The van der Waals surface area contributed by atoms with Crippen molar-refractivity contribution in [2.45, 2.75) is 38.5 Å².